The summed E-state index contributed by atoms with van der Waals surface area (Å²) in [6.45, 7) is -0.228. The number of carbonyl (C=O) groups is 2. The summed E-state index contributed by atoms with van der Waals surface area (Å²) in [5.41, 5.74) is 1.74. The third-order valence-electron chi connectivity index (χ3n) is 4.15. The summed E-state index contributed by atoms with van der Waals surface area (Å²) < 4.78 is 40.3. The topological polar surface area (TPSA) is 71.5 Å². The van der Waals surface area contributed by atoms with E-state index in [1.807, 2.05) is 12.1 Å². The number of nitrogens with zero attached hydrogens (tertiary/aromatic N) is 2. The highest BCUT2D eigenvalue weighted by molar-refractivity contribution is 7.13. The number of ether oxygens (including phenoxy) is 1. The first-order valence-corrected chi connectivity index (χ1v) is 10.4. The van der Waals surface area contributed by atoms with Crippen LogP contribution in [0.3, 0.4) is 0 Å². The molecule has 168 valence electrons. The van der Waals surface area contributed by atoms with E-state index >= 15 is 0 Å². The van der Waals surface area contributed by atoms with E-state index in [9.17, 15) is 22.8 Å². The third-order valence-corrected chi connectivity index (χ3v) is 5.35. The van der Waals surface area contributed by atoms with Crippen LogP contribution in [-0.2, 0) is 16.0 Å². The van der Waals surface area contributed by atoms with Crippen molar-refractivity contribution in [2.75, 3.05) is 18.9 Å². The van der Waals surface area contributed by atoms with Crippen molar-refractivity contribution >= 4 is 40.4 Å². The Morgan fingerprint density at radius 1 is 1.12 bits per heavy atom. The van der Waals surface area contributed by atoms with Gasteiger partial charge in [-0.05, 0) is 36.4 Å². The number of alkyl halides is 3. The summed E-state index contributed by atoms with van der Waals surface area (Å²) in [7, 11) is 1.48. The Bertz CT molecular complexity index is 1090. The van der Waals surface area contributed by atoms with Crippen LogP contribution >= 0.6 is 22.9 Å². The smallest absolute Gasteiger partial charge is 0.406 e. The fraction of sp³-hybridized carbons (Fsp3) is 0.190. The van der Waals surface area contributed by atoms with E-state index in [2.05, 4.69) is 15.0 Å². The SMILES string of the molecule is CN(CC(=O)Nc1ccc(OC(F)(F)F)cc1)C(=O)Cc1csc(-c2ccc(Cl)cc2)n1. The van der Waals surface area contributed by atoms with Crippen LogP contribution in [0.2, 0.25) is 5.02 Å². The van der Waals surface area contributed by atoms with Crippen LogP contribution in [0.5, 0.6) is 5.75 Å². The largest absolute Gasteiger partial charge is 0.573 e. The average Bonchev–Trinajstić information content (AvgIpc) is 3.17. The number of thiazole rings is 1. The van der Waals surface area contributed by atoms with Gasteiger partial charge in [0, 0.05) is 28.7 Å². The van der Waals surface area contributed by atoms with E-state index < -0.39 is 18.0 Å². The van der Waals surface area contributed by atoms with Gasteiger partial charge in [-0.3, -0.25) is 9.59 Å². The minimum absolute atomic E-state index is 0.0251. The number of benzene rings is 2. The summed E-state index contributed by atoms with van der Waals surface area (Å²) in [5, 5.41) is 5.67. The molecule has 1 aromatic heterocycles. The van der Waals surface area contributed by atoms with Crippen molar-refractivity contribution < 1.29 is 27.5 Å². The lowest BCUT2D eigenvalue weighted by atomic mass is 10.2. The number of nitrogens with one attached hydrogen (secondary N) is 1. The van der Waals surface area contributed by atoms with Crippen LogP contribution in [0.1, 0.15) is 5.69 Å². The Balaban J connectivity index is 1.51. The lowest BCUT2D eigenvalue weighted by Crippen LogP contribution is -2.35. The molecule has 11 heteroatoms. The van der Waals surface area contributed by atoms with Gasteiger partial charge in [-0.2, -0.15) is 0 Å². The molecule has 0 radical (unpaired) electrons. The maximum Gasteiger partial charge on any atom is 0.573 e. The molecule has 32 heavy (non-hydrogen) atoms. The summed E-state index contributed by atoms with van der Waals surface area (Å²) in [6, 6.07) is 11.9. The molecular formula is C21H17ClF3N3O3S. The molecule has 0 unspecified atom stereocenters. The van der Waals surface area contributed by atoms with Crippen LogP contribution in [0.25, 0.3) is 10.6 Å². The highest BCUT2D eigenvalue weighted by atomic mass is 35.5. The number of anilines is 1. The Morgan fingerprint density at radius 3 is 2.41 bits per heavy atom. The number of carbonyl (C=O) groups excluding carboxylic acids is 2. The molecule has 0 bridgehead atoms. The van der Waals surface area contributed by atoms with Gasteiger partial charge in [-0.15, -0.1) is 24.5 Å². The van der Waals surface area contributed by atoms with Gasteiger partial charge in [0.1, 0.15) is 10.8 Å². The van der Waals surface area contributed by atoms with E-state index in [1.54, 1.807) is 17.5 Å². The minimum atomic E-state index is -4.79. The fourth-order valence-electron chi connectivity index (χ4n) is 2.65. The monoisotopic (exact) mass is 483 g/mol. The predicted molar refractivity (Wildman–Crippen MR) is 116 cm³/mol. The van der Waals surface area contributed by atoms with Gasteiger partial charge >= 0.3 is 6.36 Å². The maximum absolute atomic E-state index is 12.4. The van der Waals surface area contributed by atoms with E-state index in [0.29, 0.717) is 10.7 Å². The molecule has 0 aliphatic carbocycles. The van der Waals surface area contributed by atoms with Gasteiger partial charge in [0.15, 0.2) is 0 Å². The van der Waals surface area contributed by atoms with Gasteiger partial charge in [0.25, 0.3) is 0 Å². The van der Waals surface area contributed by atoms with Crippen LogP contribution in [-0.4, -0.2) is 41.7 Å². The lowest BCUT2D eigenvalue weighted by Gasteiger charge is -2.16. The highest BCUT2D eigenvalue weighted by Crippen LogP contribution is 2.26. The molecule has 2 aromatic carbocycles. The minimum Gasteiger partial charge on any atom is -0.406 e. The molecule has 1 N–H and O–H groups in total. The number of amides is 2. The van der Waals surface area contributed by atoms with Crippen LogP contribution in [0.15, 0.2) is 53.9 Å². The summed E-state index contributed by atoms with van der Waals surface area (Å²) >= 11 is 7.28. The molecule has 6 nitrogen and oxygen atoms in total. The number of likely N-dealkylation sites (N-methyl/N-ethyl adjacent to an activating group) is 1. The van der Waals surface area contributed by atoms with Crippen LogP contribution in [0.4, 0.5) is 18.9 Å². The molecule has 1 heterocycles. The summed E-state index contributed by atoms with van der Waals surface area (Å²) in [4.78, 5) is 30.3. The number of halogens is 4. The second-order valence-corrected chi connectivity index (χ2v) is 7.99. The quantitative estimate of drug-likeness (QED) is 0.513. The standard InChI is InChI=1S/C21H17ClF3N3O3S/c1-28(11-18(29)26-15-6-8-17(9-7-15)31-21(23,24)25)19(30)10-16-12-32-20(27-16)13-2-4-14(22)5-3-13/h2-9,12H,10-11H2,1H3,(H,26,29). The van der Waals surface area contributed by atoms with Gasteiger partial charge in [-0.1, -0.05) is 23.7 Å². The lowest BCUT2D eigenvalue weighted by molar-refractivity contribution is -0.274. The molecule has 0 saturated carbocycles. The number of aromatic nitrogens is 1. The normalized spacial score (nSPS) is 11.2. The van der Waals surface area contributed by atoms with Gasteiger partial charge < -0.3 is 15.0 Å². The molecule has 3 rings (SSSR count). The maximum atomic E-state index is 12.4. The summed E-state index contributed by atoms with van der Waals surface area (Å²) in [5.74, 6) is -1.20. The molecular weight excluding hydrogens is 467 g/mol. The molecule has 3 aromatic rings. The van der Waals surface area contributed by atoms with Crippen molar-refractivity contribution in [2.45, 2.75) is 12.8 Å². The Labute approximate surface area is 190 Å². The van der Waals surface area contributed by atoms with Crippen molar-refractivity contribution in [2.24, 2.45) is 0 Å². The van der Waals surface area contributed by atoms with E-state index in [0.717, 1.165) is 22.7 Å². The molecule has 0 spiro atoms. The predicted octanol–water partition coefficient (Wildman–Crippen LogP) is 5.00. The van der Waals surface area contributed by atoms with Crippen molar-refractivity contribution in [1.29, 1.82) is 0 Å². The van der Waals surface area contributed by atoms with E-state index in [4.69, 9.17) is 11.6 Å². The van der Waals surface area contributed by atoms with Crippen molar-refractivity contribution in [3.8, 4) is 16.3 Å². The molecule has 0 atom stereocenters. The summed E-state index contributed by atoms with van der Waals surface area (Å²) in [6.07, 6.45) is -4.77. The van der Waals surface area contributed by atoms with Gasteiger partial charge in [0.05, 0.1) is 18.7 Å². The molecule has 0 aliphatic heterocycles. The number of rotatable bonds is 7. The zero-order valence-electron chi connectivity index (χ0n) is 16.6. The highest BCUT2D eigenvalue weighted by Gasteiger charge is 2.31. The number of hydrogen-bond acceptors (Lipinski definition) is 5. The average molecular weight is 484 g/mol. The van der Waals surface area contributed by atoms with Crippen molar-refractivity contribution in [3.05, 3.63) is 64.6 Å². The molecule has 0 fully saturated rings. The zero-order chi connectivity index (χ0) is 23.3. The zero-order valence-corrected chi connectivity index (χ0v) is 18.2. The Morgan fingerprint density at radius 2 is 1.78 bits per heavy atom. The first-order chi connectivity index (χ1) is 15.1. The molecule has 0 saturated heterocycles. The van der Waals surface area contributed by atoms with Crippen molar-refractivity contribution in [3.63, 3.8) is 0 Å². The van der Waals surface area contributed by atoms with Crippen LogP contribution < -0.4 is 10.1 Å². The van der Waals surface area contributed by atoms with Gasteiger partial charge in [-0.25, -0.2) is 4.98 Å². The van der Waals surface area contributed by atoms with Crippen LogP contribution in [0, 0.1) is 0 Å². The van der Waals surface area contributed by atoms with E-state index in [1.165, 1.54) is 35.4 Å². The number of hydrogen-bond donors (Lipinski definition) is 1. The second kappa shape index (κ2) is 10.0. The Kier molecular flexibility index (Phi) is 7.37. The Hall–Kier alpha value is -3.11. The van der Waals surface area contributed by atoms with Gasteiger partial charge in [0.2, 0.25) is 11.8 Å². The molecule has 2 amide bonds. The fourth-order valence-corrected chi connectivity index (χ4v) is 3.60. The molecule has 0 aliphatic rings. The van der Waals surface area contributed by atoms with Crippen molar-refractivity contribution in [1.82, 2.24) is 9.88 Å². The van der Waals surface area contributed by atoms with E-state index in [-0.39, 0.29) is 24.6 Å². The first kappa shape index (κ1) is 23.6. The third kappa shape index (κ3) is 6.96. The first-order valence-electron chi connectivity index (χ1n) is 9.19. The second-order valence-electron chi connectivity index (χ2n) is 6.70.